The van der Waals surface area contributed by atoms with Crippen LogP contribution in [0.25, 0.3) is 0 Å². The number of carbonyl (C=O) groups is 4. The van der Waals surface area contributed by atoms with E-state index >= 15 is 0 Å². The molecule has 0 unspecified atom stereocenters. The zero-order chi connectivity index (χ0) is 27.4. The maximum absolute atomic E-state index is 13.1. The molecule has 3 aromatic rings. The van der Waals surface area contributed by atoms with Crippen molar-refractivity contribution in [3.63, 3.8) is 0 Å². The van der Waals surface area contributed by atoms with E-state index in [1.165, 1.54) is 6.07 Å². The molecule has 0 saturated heterocycles. The average molecular weight is 532 g/mol. The number of ether oxygens (including phenoxy) is 1. The number of imide groups is 1. The summed E-state index contributed by atoms with van der Waals surface area (Å²) in [6.07, 6.45) is 0. The SMILES string of the molecule is CCOC(=O)c1ccc(NC(=O)c2cccc(NC3=C(Cl)C(=O)N(c4ccc(C(C)C)cc4)C3=O)c2)cc1. The number of amides is 3. The molecule has 1 aliphatic rings. The van der Waals surface area contributed by atoms with Crippen molar-refractivity contribution in [3.05, 3.63) is 100 Å². The Morgan fingerprint density at radius 3 is 2.21 bits per heavy atom. The van der Waals surface area contributed by atoms with Crippen LogP contribution in [0.1, 0.15) is 53.0 Å². The second-order valence-electron chi connectivity index (χ2n) is 8.84. The topological polar surface area (TPSA) is 105 Å². The van der Waals surface area contributed by atoms with Crippen LogP contribution in [-0.4, -0.2) is 30.3 Å². The minimum atomic E-state index is -0.628. The lowest BCUT2D eigenvalue weighted by Gasteiger charge is -2.16. The quantitative estimate of drug-likeness (QED) is 0.286. The molecular weight excluding hydrogens is 506 g/mol. The lowest BCUT2D eigenvalue weighted by atomic mass is 10.0. The molecule has 1 heterocycles. The lowest BCUT2D eigenvalue weighted by Crippen LogP contribution is -2.32. The van der Waals surface area contributed by atoms with Crippen LogP contribution in [0.3, 0.4) is 0 Å². The highest BCUT2D eigenvalue weighted by molar-refractivity contribution is 6.53. The van der Waals surface area contributed by atoms with Gasteiger partial charge in [-0.05, 0) is 73.0 Å². The smallest absolute Gasteiger partial charge is 0.338 e. The standard InChI is InChI=1S/C29H26ClN3O5/c1-4-38-29(37)19-8-12-21(13-9-19)32-26(34)20-6-5-7-22(16-20)31-25-24(30)27(35)33(28(25)36)23-14-10-18(11-15-23)17(2)3/h5-17,31H,4H2,1-3H3,(H,32,34). The van der Waals surface area contributed by atoms with Gasteiger partial charge in [0.25, 0.3) is 17.7 Å². The summed E-state index contributed by atoms with van der Waals surface area (Å²) in [5, 5.41) is 5.42. The van der Waals surface area contributed by atoms with Crippen LogP contribution in [0.4, 0.5) is 17.1 Å². The van der Waals surface area contributed by atoms with Gasteiger partial charge in [-0.15, -0.1) is 0 Å². The van der Waals surface area contributed by atoms with Crippen molar-refractivity contribution in [1.82, 2.24) is 0 Å². The number of halogens is 1. The minimum Gasteiger partial charge on any atom is -0.462 e. The largest absolute Gasteiger partial charge is 0.462 e. The molecule has 194 valence electrons. The number of nitrogens with one attached hydrogen (secondary N) is 2. The maximum Gasteiger partial charge on any atom is 0.338 e. The van der Waals surface area contributed by atoms with Crippen molar-refractivity contribution in [2.24, 2.45) is 0 Å². The Kier molecular flexibility index (Phi) is 7.93. The number of nitrogens with zero attached hydrogens (tertiary/aromatic N) is 1. The van der Waals surface area contributed by atoms with Crippen molar-refractivity contribution in [2.75, 3.05) is 22.1 Å². The van der Waals surface area contributed by atoms with Crippen molar-refractivity contribution < 1.29 is 23.9 Å². The van der Waals surface area contributed by atoms with Gasteiger partial charge in [0.1, 0.15) is 10.7 Å². The van der Waals surface area contributed by atoms with Crippen LogP contribution in [-0.2, 0) is 14.3 Å². The molecule has 38 heavy (non-hydrogen) atoms. The highest BCUT2D eigenvalue weighted by atomic mass is 35.5. The molecule has 0 bridgehead atoms. The predicted octanol–water partition coefficient (Wildman–Crippen LogP) is 5.67. The van der Waals surface area contributed by atoms with E-state index in [2.05, 4.69) is 24.5 Å². The van der Waals surface area contributed by atoms with Gasteiger partial charge in [-0.1, -0.05) is 43.6 Å². The molecular formula is C29H26ClN3O5. The minimum absolute atomic E-state index is 0.0725. The maximum atomic E-state index is 13.1. The fourth-order valence-corrected chi connectivity index (χ4v) is 4.06. The van der Waals surface area contributed by atoms with Gasteiger partial charge in [-0.25, -0.2) is 9.69 Å². The van der Waals surface area contributed by atoms with E-state index in [0.717, 1.165) is 10.5 Å². The Morgan fingerprint density at radius 1 is 0.895 bits per heavy atom. The van der Waals surface area contributed by atoms with Gasteiger partial charge >= 0.3 is 5.97 Å². The van der Waals surface area contributed by atoms with Gasteiger partial charge in [0, 0.05) is 16.9 Å². The second kappa shape index (κ2) is 11.3. The molecule has 0 saturated carbocycles. The highest BCUT2D eigenvalue weighted by Gasteiger charge is 2.39. The van der Waals surface area contributed by atoms with E-state index in [1.807, 2.05) is 12.1 Å². The molecule has 4 rings (SSSR count). The van der Waals surface area contributed by atoms with Crippen LogP contribution >= 0.6 is 11.6 Å². The van der Waals surface area contributed by atoms with Crippen molar-refractivity contribution in [3.8, 4) is 0 Å². The van der Waals surface area contributed by atoms with E-state index in [9.17, 15) is 19.2 Å². The Bertz CT molecular complexity index is 1430. The summed E-state index contributed by atoms with van der Waals surface area (Å²) in [7, 11) is 0. The zero-order valence-corrected chi connectivity index (χ0v) is 21.8. The number of benzene rings is 3. The third-order valence-corrected chi connectivity index (χ3v) is 6.24. The summed E-state index contributed by atoms with van der Waals surface area (Å²) in [5.74, 6) is -1.76. The summed E-state index contributed by atoms with van der Waals surface area (Å²) in [4.78, 5) is 51.6. The fraction of sp³-hybridized carbons (Fsp3) is 0.172. The fourth-order valence-electron chi connectivity index (χ4n) is 3.84. The van der Waals surface area contributed by atoms with Gasteiger partial charge in [0.2, 0.25) is 0 Å². The van der Waals surface area contributed by atoms with Crippen LogP contribution in [0.15, 0.2) is 83.5 Å². The molecule has 0 aromatic heterocycles. The Balaban J connectivity index is 1.47. The highest BCUT2D eigenvalue weighted by Crippen LogP contribution is 2.31. The van der Waals surface area contributed by atoms with Crippen molar-refractivity contribution in [2.45, 2.75) is 26.7 Å². The predicted molar refractivity (Wildman–Crippen MR) is 146 cm³/mol. The summed E-state index contributed by atoms with van der Waals surface area (Å²) < 4.78 is 4.96. The second-order valence-corrected chi connectivity index (χ2v) is 9.22. The molecule has 0 radical (unpaired) electrons. The zero-order valence-electron chi connectivity index (χ0n) is 21.1. The summed E-state index contributed by atoms with van der Waals surface area (Å²) in [6.45, 7) is 6.10. The Hall–Kier alpha value is -4.43. The summed E-state index contributed by atoms with van der Waals surface area (Å²) in [6, 6.07) is 19.9. The van der Waals surface area contributed by atoms with Crippen LogP contribution in [0.5, 0.6) is 0 Å². The van der Waals surface area contributed by atoms with Crippen LogP contribution in [0, 0.1) is 0 Å². The summed E-state index contributed by atoms with van der Waals surface area (Å²) >= 11 is 6.26. The van der Waals surface area contributed by atoms with E-state index in [0.29, 0.717) is 34.1 Å². The average Bonchev–Trinajstić information content (AvgIpc) is 3.12. The van der Waals surface area contributed by atoms with E-state index in [1.54, 1.807) is 61.5 Å². The molecule has 0 aliphatic carbocycles. The van der Waals surface area contributed by atoms with Gasteiger partial charge in [0.05, 0.1) is 17.9 Å². The molecule has 2 N–H and O–H groups in total. The number of carbonyl (C=O) groups excluding carboxylic acids is 4. The lowest BCUT2D eigenvalue weighted by molar-refractivity contribution is -0.120. The third kappa shape index (κ3) is 5.60. The molecule has 9 heteroatoms. The van der Waals surface area contributed by atoms with Crippen molar-refractivity contribution in [1.29, 1.82) is 0 Å². The van der Waals surface area contributed by atoms with Gasteiger partial charge in [-0.2, -0.15) is 0 Å². The molecule has 3 amide bonds. The molecule has 0 fully saturated rings. The van der Waals surface area contributed by atoms with Gasteiger partial charge in [-0.3, -0.25) is 14.4 Å². The molecule has 8 nitrogen and oxygen atoms in total. The molecule has 0 spiro atoms. The Morgan fingerprint density at radius 2 is 1.58 bits per heavy atom. The van der Waals surface area contributed by atoms with E-state index in [-0.39, 0.29) is 17.3 Å². The number of hydrogen-bond acceptors (Lipinski definition) is 6. The van der Waals surface area contributed by atoms with Crippen LogP contribution < -0.4 is 15.5 Å². The molecule has 1 aliphatic heterocycles. The number of esters is 1. The van der Waals surface area contributed by atoms with Crippen LogP contribution in [0.2, 0.25) is 0 Å². The van der Waals surface area contributed by atoms with Crippen molar-refractivity contribution >= 4 is 52.4 Å². The monoisotopic (exact) mass is 531 g/mol. The van der Waals surface area contributed by atoms with E-state index in [4.69, 9.17) is 16.3 Å². The first-order valence-corrected chi connectivity index (χ1v) is 12.4. The first-order valence-electron chi connectivity index (χ1n) is 12.0. The number of anilines is 3. The van der Waals surface area contributed by atoms with E-state index < -0.39 is 23.7 Å². The number of hydrogen-bond donors (Lipinski definition) is 2. The van der Waals surface area contributed by atoms with Gasteiger partial charge in [0.15, 0.2) is 0 Å². The molecule has 0 atom stereocenters. The first-order chi connectivity index (χ1) is 18.2. The first kappa shape index (κ1) is 26.6. The normalized spacial score (nSPS) is 13.2. The van der Waals surface area contributed by atoms with Gasteiger partial charge < -0.3 is 15.4 Å². The summed E-state index contributed by atoms with van der Waals surface area (Å²) in [5.41, 5.74) is 3.00. The third-order valence-electron chi connectivity index (χ3n) is 5.89. The Labute approximate surface area is 225 Å². The molecule has 3 aromatic carbocycles. The number of rotatable bonds is 8.